The predicted octanol–water partition coefficient (Wildman–Crippen LogP) is 0.0767. The van der Waals surface area contributed by atoms with E-state index in [-0.39, 0.29) is 32.2 Å². The number of carboxylic acids is 2. The van der Waals surface area contributed by atoms with Crippen LogP contribution in [0.15, 0.2) is 30.5 Å². The van der Waals surface area contributed by atoms with Gasteiger partial charge >= 0.3 is 11.9 Å². The summed E-state index contributed by atoms with van der Waals surface area (Å²) in [4.78, 5) is 66.9. The van der Waals surface area contributed by atoms with Crippen LogP contribution in [0.25, 0.3) is 10.9 Å². The molecule has 1 aromatic heterocycles. The Labute approximate surface area is 231 Å². The number of hydrogen-bond acceptors (Lipinski definition) is 7. The van der Waals surface area contributed by atoms with E-state index >= 15 is 0 Å². The summed E-state index contributed by atoms with van der Waals surface area (Å²) < 4.78 is 0. The summed E-state index contributed by atoms with van der Waals surface area (Å²) in [5.41, 5.74) is 13.4. The molecule has 40 heavy (non-hydrogen) atoms. The van der Waals surface area contributed by atoms with Crippen LogP contribution in [-0.2, 0) is 30.4 Å². The van der Waals surface area contributed by atoms with Crippen LogP contribution in [0.1, 0.15) is 50.5 Å². The van der Waals surface area contributed by atoms with Gasteiger partial charge in [-0.05, 0) is 63.1 Å². The summed E-state index contributed by atoms with van der Waals surface area (Å²) >= 11 is 0. The van der Waals surface area contributed by atoms with E-state index in [1.54, 1.807) is 6.20 Å². The van der Waals surface area contributed by atoms with Gasteiger partial charge in [-0.2, -0.15) is 0 Å². The minimum absolute atomic E-state index is 0.186. The Morgan fingerprint density at radius 3 is 2.50 bits per heavy atom. The zero-order valence-corrected chi connectivity index (χ0v) is 22.3. The van der Waals surface area contributed by atoms with Crippen molar-refractivity contribution in [2.45, 2.75) is 75.5 Å². The second-order valence-electron chi connectivity index (χ2n) is 10.0. The highest BCUT2D eigenvalue weighted by molar-refractivity contribution is 5.95. The summed E-state index contributed by atoms with van der Waals surface area (Å²) in [7, 11) is 0. The van der Waals surface area contributed by atoms with Gasteiger partial charge in [-0.1, -0.05) is 18.2 Å². The van der Waals surface area contributed by atoms with E-state index in [4.69, 9.17) is 11.5 Å². The van der Waals surface area contributed by atoms with Crippen molar-refractivity contribution in [1.29, 1.82) is 0 Å². The highest BCUT2D eigenvalue weighted by atomic mass is 16.4. The number of carboxylic acid groups (broad SMARTS) is 2. The molecule has 0 bridgehead atoms. The van der Waals surface area contributed by atoms with Crippen molar-refractivity contribution in [3.05, 3.63) is 36.0 Å². The second-order valence-corrected chi connectivity index (χ2v) is 10.0. The van der Waals surface area contributed by atoms with Gasteiger partial charge in [-0.15, -0.1) is 0 Å². The number of benzene rings is 1. The summed E-state index contributed by atoms with van der Waals surface area (Å²) in [6.45, 7) is 0.614. The van der Waals surface area contributed by atoms with Gasteiger partial charge in [-0.25, -0.2) is 4.79 Å². The van der Waals surface area contributed by atoms with Crippen molar-refractivity contribution in [2.75, 3.05) is 13.1 Å². The van der Waals surface area contributed by atoms with E-state index in [2.05, 4.69) is 15.6 Å². The Kier molecular flexibility index (Phi) is 11.0. The molecule has 0 aliphatic carbocycles. The van der Waals surface area contributed by atoms with Crippen LogP contribution in [-0.4, -0.2) is 87.0 Å². The van der Waals surface area contributed by atoms with Gasteiger partial charge < -0.3 is 42.2 Å². The molecular formula is C27H38N6O7. The first-order valence-electron chi connectivity index (χ1n) is 13.5. The Hall–Kier alpha value is -3.97. The number of hydrogen-bond donors (Lipinski definition) is 7. The second kappa shape index (κ2) is 14.4. The molecule has 9 N–H and O–H groups in total. The molecule has 1 aliphatic heterocycles. The van der Waals surface area contributed by atoms with Gasteiger partial charge in [0.2, 0.25) is 17.7 Å². The predicted molar refractivity (Wildman–Crippen MR) is 146 cm³/mol. The normalized spacial score (nSPS) is 17.2. The van der Waals surface area contributed by atoms with Crippen molar-refractivity contribution in [1.82, 2.24) is 20.5 Å². The molecule has 0 saturated carbocycles. The van der Waals surface area contributed by atoms with E-state index < -0.39 is 53.8 Å². The number of nitrogens with one attached hydrogen (secondary N) is 3. The number of nitrogens with two attached hydrogens (primary N) is 2. The van der Waals surface area contributed by atoms with Crippen LogP contribution in [0.4, 0.5) is 0 Å². The number of carbonyl (C=O) groups excluding carboxylic acids is 3. The molecule has 1 fully saturated rings. The molecular weight excluding hydrogens is 520 g/mol. The Balaban J connectivity index is 1.69. The number of aliphatic carboxylic acids is 2. The molecule has 1 aliphatic rings. The van der Waals surface area contributed by atoms with Crippen molar-refractivity contribution >= 4 is 40.6 Å². The number of nitrogens with zero attached hydrogens (tertiary/aromatic N) is 1. The molecule has 4 atom stereocenters. The van der Waals surface area contributed by atoms with E-state index in [0.29, 0.717) is 32.2 Å². The average Bonchev–Trinajstić information content (AvgIpc) is 3.57. The molecule has 0 spiro atoms. The lowest BCUT2D eigenvalue weighted by Gasteiger charge is -2.30. The quantitative estimate of drug-likeness (QED) is 0.147. The molecule has 3 rings (SSSR count). The number of unbranched alkanes of at least 4 members (excludes halogenated alkanes) is 1. The largest absolute Gasteiger partial charge is 0.481 e. The zero-order valence-electron chi connectivity index (χ0n) is 22.3. The first kappa shape index (κ1) is 30.6. The van der Waals surface area contributed by atoms with Gasteiger partial charge in [0, 0.05) is 30.1 Å². The fraction of sp³-hybridized carbons (Fsp3) is 0.519. The van der Waals surface area contributed by atoms with Crippen molar-refractivity contribution in [3.63, 3.8) is 0 Å². The van der Waals surface area contributed by atoms with E-state index in [1.165, 1.54) is 4.90 Å². The molecule has 218 valence electrons. The number of para-hydroxylation sites is 1. The minimum atomic E-state index is -1.22. The van der Waals surface area contributed by atoms with Crippen LogP contribution in [0.5, 0.6) is 0 Å². The van der Waals surface area contributed by atoms with Crippen LogP contribution < -0.4 is 22.1 Å². The molecule has 1 saturated heterocycles. The number of likely N-dealkylation sites (tertiary alicyclic amines) is 1. The fourth-order valence-electron chi connectivity index (χ4n) is 4.96. The van der Waals surface area contributed by atoms with E-state index in [1.807, 2.05) is 24.3 Å². The number of aromatic amines is 1. The number of rotatable bonds is 15. The van der Waals surface area contributed by atoms with Gasteiger partial charge in [0.15, 0.2) is 0 Å². The van der Waals surface area contributed by atoms with Gasteiger partial charge in [0.05, 0.1) is 6.04 Å². The Morgan fingerprint density at radius 1 is 1.05 bits per heavy atom. The van der Waals surface area contributed by atoms with Gasteiger partial charge in [0.1, 0.15) is 18.1 Å². The number of aromatic nitrogens is 1. The van der Waals surface area contributed by atoms with E-state index in [0.717, 1.165) is 16.5 Å². The molecule has 2 heterocycles. The topological polar surface area (TPSA) is 221 Å². The third-order valence-corrected chi connectivity index (χ3v) is 7.11. The number of H-pyrrole nitrogens is 1. The molecule has 0 radical (unpaired) electrons. The number of carbonyl (C=O) groups is 5. The highest BCUT2D eigenvalue weighted by Crippen LogP contribution is 2.21. The lowest BCUT2D eigenvalue weighted by molar-refractivity contribution is -0.145. The molecule has 2 aromatic rings. The third kappa shape index (κ3) is 8.02. The first-order chi connectivity index (χ1) is 19.1. The smallest absolute Gasteiger partial charge is 0.326 e. The number of amides is 3. The third-order valence-electron chi connectivity index (χ3n) is 7.11. The minimum Gasteiger partial charge on any atom is -0.481 e. The van der Waals surface area contributed by atoms with Crippen molar-refractivity contribution in [2.24, 2.45) is 11.5 Å². The Bertz CT molecular complexity index is 1210. The Morgan fingerprint density at radius 2 is 1.80 bits per heavy atom. The summed E-state index contributed by atoms with van der Waals surface area (Å²) in [6, 6.07) is 3.25. The molecule has 3 amide bonds. The van der Waals surface area contributed by atoms with Crippen LogP contribution >= 0.6 is 0 Å². The maximum atomic E-state index is 13.5. The molecule has 13 heteroatoms. The van der Waals surface area contributed by atoms with Crippen molar-refractivity contribution < 1.29 is 34.2 Å². The average molecular weight is 559 g/mol. The molecule has 1 aromatic carbocycles. The zero-order chi connectivity index (χ0) is 29.2. The van der Waals surface area contributed by atoms with E-state index in [9.17, 15) is 34.2 Å². The van der Waals surface area contributed by atoms with Crippen LogP contribution in [0.2, 0.25) is 0 Å². The SMILES string of the molecule is NCCCCC(NC(=O)C1CCCN1C(=O)C(CCC(=O)O)NC(=O)C(N)Cc1c[nH]c2ccccc12)C(=O)O. The molecule has 13 nitrogen and oxygen atoms in total. The summed E-state index contributed by atoms with van der Waals surface area (Å²) in [6.07, 6.45) is 3.50. The highest BCUT2D eigenvalue weighted by Gasteiger charge is 2.39. The van der Waals surface area contributed by atoms with Gasteiger partial charge in [0.25, 0.3) is 0 Å². The monoisotopic (exact) mass is 558 g/mol. The lowest BCUT2D eigenvalue weighted by atomic mass is 10.0. The fourth-order valence-corrected chi connectivity index (χ4v) is 4.96. The summed E-state index contributed by atoms with van der Waals surface area (Å²) in [5, 5.41) is 24.7. The van der Waals surface area contributed by atoms with Crippen LogP contribution in [0, 0.1) is 0 Å². The standard InChI is InChI=1S/C27H38N6O7/c28-12-4-3-8-21(27(39)40)32-25(37)22-9-5-13-33(22)26(38)20(10-11-23(34)35)31-24(36)18(29)14-16-15-30-19-7-2-1-6-17(16)19/h1-2,6-7,15,18,20-22,30H,3-5,8-14,28-29H2,(H,31,36)(H,32,37)(H,34,35)(H,39,40). The first-order valence-corrected chi connectivity index (χ1v) is 13.5. The maximum absolute atomic E-state index is 13.5. The lowest BCUT2D eigenvalue weighted by Crippen LogP contribution is -2.57. The van der Waals surface area contributed by atoms with Gasteiger partial charge in [-0.3, -0.25) is 19.2 Å². The van der Waals surface area contributed by atoms with Crippen molar-refractivity contribution in [3.8, 4) is 0 Å². The number of fused-ring (bicyclic) bond motifs is 1. The summed E-state index contributed by atoms with van der Waals surface area (Å²) in [5.74, 6) is -4.17. The molecule has 4 unspecified atom stereocenters. The maximum Gasteiger partial charge on any atom is 0.326 e. The van der Waals surface area contributed by atoms with Crippen LogP contribution in [0.3, 0.4) is 0 Å².